The molecule has 2 rings (SSSR count). The van der Waals surface area contributed by atoms with Crippen molar-refractivity contribution in [1.29, 1.82) is 0 Å². The summed E-state index contributed by atoms with van der Waals surface area (Å²) in [7, 11) is 0. The number of unbranched alkanes of at least 4 members (excludes halogenated alkanes) is 12. The summed E-state index contributed by atoms with van der Waals surface area (Å²) in [5.41, 5.74) is 6.94. The highest BCUT2D eigenvalue weighted by Gasteiger charge is 2.19. The van der Waals surface area contributed by atoms with Crippen LogP contribution in [-0.4, -0.2) is 29.2 Å². The molecule has 0 aromatic heterocycles. The highest BCUT2D eigenvalue weighted by Crippen LogP contribution is 2.25. The molecule has 0 saturated heterocycles. The van der Waals surface area contributed by atoms with Crippen LogP contribution in [-0.2, 0) is 25.7 Å². The average Bonchev–Trinajstić information content (AvgIpc) is 2.93. The lowest BCUT2D eigenvalue weighted by Crippen LogP contribution is -2.12. The second-order valence-electron chi connectivity index (χ2n) is 11.4. The summed E-state index contributed by atoms with van der Waals surface area (Å²) in [6, 6.07) is 10.5. The first kappa shape index (κ1) is 33.2. The smallest absolute Gasteiger partial charge is 0.193 e. The van der Waals surface area contributed by atoms with Crippen molar-refractivity contribution in [1.82, 2.24) is 0 Å². The third-order valence-electron chi connectivity index (χ3n) is 8.11. The van der Waals surface area contributed by atoms with Crippen molar-refractivity contribution in [3.05, 3.63) is 69.3 Å². The molecule has 218 valence electrons. The Kier molecular flexibility index (Phi) is 17.0. The van der Waals surface area contributed by atoms with E-state index >= 15 is 0 Å². The first-order chi connectivity index (χ1) is 19.0. The van der Waals surface area contributed by atoms with Crippen LogP contribution in [0.1, 0.15) is 147 Å². The topological polar surface area (TPSA) is 57.5 Å². The van der Waals surface area contributed by atoms with E-state index < -0.39 is 0 Å². The summed E-state index contributed by atoms with van der Waals surface area (Å²) in [6.45, 7) is 6.68. The van der Waals surface area contributed by atoms with Gasteiger partial charge in [-0.25, -0.2) is 0 Å². The van der Waals surface area contributed by atoms with Gasteiger partial charge in [-0.2, -0.15) is 0 Å². The Labute approximate surface area is 239 Å². The molecule has 0 amide bonds. The SMILES string of the molecule is CCCCCCCCCc1ccc(CCO)c(C(=O)c2cc(CCCCCCCCC)c(C)cc2CCO)c1. The van der Waals surface area contributed by atoms with Crippen LogP contribution in [0.25, 0.3) is 0 Å². The first-order valence-corrected chi connectivity index (χ1v) is 16.1. The zero-order valence-corrected chi connectivity index (χ0v) is 25.3. The van der Waals surface area contributed by atoms with Crippen LogP contribution < -0.4 is 0 Å². The minimum absolute atomic E-state index is 0.0261. The predicted molar refractivity (Wildman–Crippen MR) is 166 cm³/mol. The van der Waals surface area contributed by atoms with Gasteiger partial charge in [0.1, 0.15) is 0 Å². The Hall–Kier alpha value is -1.97. The lowest BCUT2D eigenvalue weighted by Gasteiger charge is -2.16. The van der Waals surface area contributed by atoms with Gasteiger partial charge in [-0.15, -0.1) is 0 Å². The maximum atomic E-state index is 14.0. The summed E-state index contributed by atoms with van der Waals surface area (Å²) in [5, 5.41) is 19.4. The van der Waals surface area contributed by atoms with Crippen LogP contribution in [0.5, 0.6) is 0 Å². The molecule has 0 heterocycles. The molecular formula is C36H56O3. The number of hydrogen-bond donors (Lipinski definition) is 2. The molecule has 0 atom stereocenters. The quantitative estimate of drug-likeness (QED) is 0.117. The highest BCUT2D eigenvalue weighted by atomic mass is 16.3. The van der Waals surface area contributed by atoms with Gasteiger partial charge in [-0.3, -0.25) is 4.79 Å². The van der Waals surface area contributed by atoms with Gasteiger partial charge in [0.15, 0.2) is 5.78 Å². The number of aliphatic hydroxyl groups is 2. The Morgan fingerprint density at radius 3 is 1.67 bits per heavy atom. The molecule has 3 nitrogen and oxygen atoms in total. The van der Waals surface area contributed by atoms with E-state index in [0.717, 1.165) is 47.9 Å². The third-order valence-corrected chi connectivity index (χ3v) is 8.11. The van der Waals surface area contributed by atoms with Crippen LogP contribution in [0.3, 0.4) is 0 Å². The molecule has 2 aromatic carbocycles. The molecule has 2 N–H and O–H groups in total. The van der Waals surface area contributed by atoms with Crippen molar-refractivity contribution >= 4 is 5.78 Å². The number of aliphatic hydroxyl groups excluding tert-OH is 2. The Morgan fingerprint density at radius 2 is 1.08 bits per heavy atom. The van der Waals surface area contributed by atoms with Crippen molar-refractivity contribution in [2.75, 3.05) is 13.2 Å². The molecule has 0 saturated carbocycles. The Balaban J connectivity index is 2.18. The van der Waals surface area contributed by atoms with Gasteiger partial charge < -0.3 is 10.2 Å². The molecule has 0 spiro atoms. The third kappa shape index (κ3) is 12.0. The first-order valence-electron chi connectivity index (χ1n) is 16.1. The van der Waals surface area contributed by atoms with Crippen molar-refractivity contribution in [2.45, 2.75) is 136 Å². The van der Waals surface area contributed by atoms with Gasteiger partial charge in [0, 0.05) is 24.3 Å². The van der Waals surface area contributed by atoms with Gasteiger partial charge in [0.25, 0.3) is 0 Å². The molecule has 0 radical (unpaired) electrons. The molecule has 2 aromatic rings. The monoisotopic (exact) mass is 536 g/mol. The lowest BCUT2D eigenvalue weighted by atomic mass is 9.87. The van der Waals surface area contributed by atoms with E-state index in [2.05, 4.69) is 45.0 Å². The number of benzene rings is 2. The molecule has 0 aliphatic heterocycles. The van der Waals surface area contributed by atoms with Crippen LogP contribution in [0.2, 0.25) is 0 Å². The van der Waals surface area contributed by atoms with Crippen molar-refractivity contribution < 1.29 is 15.0 Å². The minimum Gasteiger partial charge on any atom is -0.396 e. The van der Waals surface area contributed by atoms with E-state index in [0.29, 0.717) is 12.8 Å². The molecule has 0 fully saturated rings. The molecule has 0 aliphatic carbocycles. The van der Waals surface area contributed by atoms with E-state index in [1.165, 1.54) is 93.7 Å². The average molecular weight is 537 g/mol. The predicted octanol–water partition coefficient (Wildman–Crippen LogP) is 8.88. The number of carbonyl (C=O) groups excluding carboxylic acids is 1. The van der Waals surface area contributed by atoms with E-state index in [4.69, 9.17) is 0 Å². The lowest BCUT2D eigenvalue weighted by molar-refractivity contribution is 0.103. The fourth-order valence-corrected chi connectivity index (χ4v) is 5.65. The van der Waals surface area contributed by atoms with Crippen molar-refractivity contribution in [2.24, 2.45) is 0 Å². The number of carbonyl (C=O) groups is 1. The number of rotatable bonds is 22. The largest absolute Gasteiger partial charge is 0.396 e. The maximum absolute atomic E-state index is 14.0. The maximum Gasteiger partial charge on any atom is 0.193 e. The van der Waals surface area contributed by atoms with Gasteiger partial charge in [0.05, 0.1) is 0 Å². The van der Waals surface area contributed by atoms with Gasteiger partial charge in [0.2, 0.25) is 0 Å². The van der Waals surface area contributed by atoms with E-state index in [-0.39, 0.29) is 19.0 Å². The normalized spacial score (nSPS) is 11.3. The van der Waals surface area contributed by atoms with Gasteiger partial charge >= 0.3 is 0 Å². The summed E-state index contributed by atoms with van der Waals surface area (Å²) in [6.07, 6.45) is 20.7. The van der Waals surface area contributed by atoms with Crippen LogP contribution in [0.4, 0.5) is 0 Å². The highest BCUT2D eigenvalue weighted by molar-refractivity contribution is 6.11. The second-order valence-corrected chi connectivity index (χ2v) is 11.4. The molecule has 0 aliphatic rings. The van der Waals surface area contributed by atoms with E-state index in [9.17, 15) is 15.0 Å². The second kappa shape index (κ2) is 20.0. The number of aryl methyl sites for hydroxylation is 3. The molecule has 0 unspecified atom stereocenters. The summed E-state index contributed by atoms with van der Waals surface area (Å²) >= 11 is 0. The van der Waals surface area contributed by atoms with Crippen LogP contribution in [0, 0.1) is 6.92 Å². The van der Waals surface area contributed by atoms with Crippen molar-refractivity contribution in [3.63, 3.8) is 0 Å². The minimum atomic E-state index is 0.0261. The molecule has 0 bridgehead atoms. The molecular weight excluding hydrogens is 480 g/mol. The summed E-state index contributed by atoms with van der Waals surface area (Å²) < 4.78 is 0. The summed E-state index contributed by atoms with van der Waals surface area (Å²) in [5.74, 6) is 0.0316. The molecule has 3 heteroatoms. The van der Waals surface area contributed by atoms with Crippen molar-refractivity contribution in [3.8, 4) is 0 Å². The zero-order valence-electron chi connectivity index (χ0n) is 25.3. The van der Waals surface area contributed by atoms with E-state index in [1.807, 2.05) is 6.07 Å². The Bertz CT molecular complexity index is 962. The Morgan fingerprint density at radius 1 is 0.564 bits per heavy atom. The van der Waals surface area contributed by atoms with Crippen LogP contribution >= 0.6 is 0 Å². The molecule has 39 heavy (non-hydrogen) atoms. The van der Waals surface area contributed by atoms with E-state index in [1.54, 1.807) is 0 Å². The van der Waals surface area contributed by atoms with Gasteiger partial charge in [-0.05, 0) is 85.4 Å². The fourth-order valence-electron chi connectivity index (χ4n) is 5.65. The number of hydrogen-bond acceptors (Lipinski definition) is 3. The standard InChI is InChI=1S/C36H56O3/c1-4-6-8-10-12-14-16-18-30-20-21-31(22-24-37)34(27-30)36(39)35-28-32(29(3)26-33(35)23-25-38)19-17-15-13-11-9-7-5-2/h20-21,26-28,37-38H,4-19,22-25H2,1-3H3. The summed E-state index contributed by atoms with van der Waals surface area (Å²) in [4.78, 5) is 14.0. The van der Waals surface area contributed by atoms with Crippen LogP contribution in [0.15, 0.2) is 30.3 Å². The van der Waals surface area contributed by atoms with Gasteiger partial charge in [-0.1, -0.05) is 109 Å². The zero-order chi connectivity index (χ0) is 28.3. The fraction of sp³-hybridized carbons (Fsp3) is 0.639. The number of ketones is 1.